The molecule has 2 rings (SSSR count). The lowest BCUT2D eigenvalue weighted by Crippen LogP contribution is -2.02. The number of hydrogen-bond acceptors (Lipinski definition) is 4. The summed E-state index contributed by atoms with van der Waals surface area (Å²) >= 11 is 0. The average Bonchev–Trinajstić information content (AvgIpc) is 2.39. The minimum atomic E-state index is 0.334. The molecular formula is C14H16N4. The van der Waals surface area contributed by atoms with Gasteiger partial charge in [0.2, 0.25) is 0 Å². The van der Waals surface area contributed by atoms with Gasteiger partial charge in [-0.25, -0.2) is 9.98 Å². The highest BCUT2D eigenvalue weighted by Gasteiger charge is 2.12. The summed E-state index contributed by atoms with van der Waals surface area (Å²) in [6.07, 6.45) is 0.776. The molecule has 0 unspecified atom stereocenters. The Balaban J connectivity index is 2.62. The van der Waals surface area contributed by atoms with Gasteiger partial charge in [0, 0.05) is 5.56 Å². The summed E-state index contributed by atoms with van der Waals surface area (Å²) in [5.74, 6) is 0.785. The van der Waals surface area contributed by atoms with Crippen molar-refractivity contribution in [3.63, 3.8) is 0 Å². The van der Waals surface area contributed by atoms with Crippen molar-refractivity contribution in [2.75, 3.05) is 5.73 Å². The number of aromatic nitrogens is 2. The van der Waals surface area contributed by atoms with Crippen molar-refractivity contribution in [2.24, 2.45) is 4.99 Å². The Morgan fingerprint density at radius 3 is 2.44 bits per heavy atom. The molecule has 4 heteroatoms. The number of aliphatic imine (C=N–C) groups is 1. The van der Waals surface area contributed by atoms with Crippen LogP contribution in [0.2, 0.25) is 0 Å². The van der Waals surface area contributed by atoms with Gasteiger partial charge in [-0.2, -0.15) is 4.98 Å². The molecule has 0 amide bonds. The molecule has 0 aliphatic rings. The van der Waals surface area contributed by atoms with E-state index in [9.17, 15) is 0 Å². The molecule has 1 heterocycles. The van der Waals surface area contributed by atoms with Gasteiger partial charge in [-0.1, -0.05) is 36.8 Å². The Labute approximate surface area is 107 Å². The van der Waals surface area contributed by atoms with E-state index in [1.807, 2.05) is 31.2 Å². The van der Waals surface area contributed by atoms with Crippen molar-refractivity contribution in [3.8, 4) is 11.1 Å². The predicted molar refractivity (Wildman–Crippen MR) is 75.2 cm³/mol. The molecule has 0 atom stereocenters. The molecule has 4 nitrogen and oxygen atoms in total. The minimum Gasteiger partial charge on any atom is -0.383 e. The highest BCUT2D eigenvalue weighted by molar-refractivity contribution is 5.76. The maximum absolute atomic E-state index is 6.00. The minimum absolute atomic E-state index is 0.334. The first-order valence-electron chi connectivity index (χ1n) is 5.85. The van der Waals surface area contributed by atoms with Crippen LogP contribution in [-0.2, 0) is 6.42 Å². The summed E-state index contributed by atoms with van der Waals surface area (Å²) in [6, 6.07) is 8.16. The van der Waals surface area contributed by atoms with Crippen molar-refractivity contribution in [2.45, 2.75) is 20.3 Å². The fraction of sp³-hybridized carbons (Fsp3) is 0.214. The summed E-state index contributed by atoms with van der Waals surface area (Å²) in [7, 11) is 0. The number of benzene rings is 1. The lowest BCUT2D eigenvalue weighted by molar-refractivity contribution is 1.00. The van der Waals surface area contributed by atoms with Crippen LogP contribution in [-0.4, -0.2) is 16.7 Å². The number of nitrogens with zero attached hydrogens (tertiary/aromatic N) is 3. The van der Waals surface area contributed by atoms with Crippen molar-refractivity contribution >= 4 is 18.5 Å². The second-order valence-corrected chi connectivity index (χ2v) is 4.11. The maximum atomic E-state index is 6.00. The number of aryl methyl sites for hydroxylation is 2. The smallest absolute Gasteiger partial charge is 0.250 e. The van der Waals surface area contributed by atoms with E-state index in [2.05, 4.69) is 28.6 Å². The van der Waals surface area contributed by atoms with E-state index in [4.69, 9.17) is 5.73 Å². The third-order valence-corrected chi connectivity index (χ3v) is 2.82. The standard InChI is InChI=1S/C14H16N4/c1-4-11-12(10-7-5-9(2)6-8-10)13(15)18-14(16-3)17-11/h5-8H,3-4H2,1-2H3,(H2,15,17,18). The Morgan fingerprint density at radius 1 is 1.22 bits per heavy atom. The van der Waals surface area contributed by atoms with E-state index in [1.54, 1.807) is 0 Å². The van der Waals surface area contributed by atoms with Gasteiger partial charge in [0.1, 0.15) is 5.82 Å². The first-order valence-corrected chi connectivity index (χ1v) is 5.85. The van der Waals surface area contributed by atoms with E-state index in [0.29, 0.717) is 11.8 Å². The molecule has 0 bridgehead atoms. The lowest BCUT2D eigenvalue weighted by atomic mass is 10.0. The average molecular weight is 240 g/mol. The molecule has 0 aliphatic carbocycles. The highest BCUT2D eigenvalue weighted by Crippen LogP contribution is 2.29. The molecule has 0 fully saturated rings. The molecule has 0 saturated carbocycles. The predicted octanol–water partition coefficient (Wildman–Crippen LogP) is 2.93. The summed E-state index contributed by atoms with van der Waals surface area (Å²) in [6.45, 7) is 7.52. The van der Waals surface area contributed by atoms with Gasteiger partial charge in [0.25, 0.3) is 5.95 Å². The zero-order valence-corrected chi connectivity index (χ0v) is 10.6. The quantitative estimate of drug-likeness (QED) is 0.839. The van der Waals surface area contributed by atoms with Gasteiger partial charge in [-0.3, -0.25) is 0 Å². The fourth-order valence-electron chi connectivity index (χ4n) is 1.87. The van der Waals surface area contributed by atoms with Crippen LogP contribution in [0.25, 0.3) is 11.1 Å². The molecule has 1 aromatic carbocycles. The van der Waals surface area contributed by atoms with E-state index in [-0.39, 0.29) is 0 Å². The first-order chi connectivity index (χ1) is 8.65. The van der Waals surface area contributed by atoms with Gasteiger partial charge >= 0.3 is 0 Å². The van der Waals surface area contributed by atoms with Crippen LogP contribution in [0.4, 0.5) is 11.8 Å². The zero-order chi connectivity index (χ0) is 13.1. The normalized spacial score (nSPS) is 10.3. The topological polar surface area (TPSA) is 64.2 Å². The molecule has 0 radical (unpaired) electrons. The van der Waals surface area contributed by atoms with E-state index in [0.717, 1.165) is 23.2 Å². The van der Waals surface area contributed by atoms with Gasteiger partial charge < -0.3 is 5.73 Å². The fourth-order valence-corrected chi connectivity index (χ4v) is 1.87. The molecule has 1 aromatic heterocycles. The van der Waals surface area contributed by atoms with Crippen LogP contribution in [0.15, 0.2) is 29.3 Å². The van der Waals surface area contributed by atoms with Crippen LogP contribution in [0, 0.1) is 6.92 Å². The van der Waals surface area contributed by atoms with Gasteiger partial charge in [-0.15, -0.1) is 0 Å². The molecule has 92 valence electrons. The molecule has 0 aliphatic heterocycles. The Kier molecular flexibility index (Phi) is 3.37. The highest BCUT2D eigenvalue weighted by atomic mass is 15.1. The van der Waals surface area contributed by atoms with E-state index >= 15 is 0 Å². The molecule has 2 N–H and O–H groups in total. The zero-order valence-electron chi connectivity index (χ0n) is 10.6. The van der Waals surface area contributed by atoms with Crippen LogP contribution in [0.3, 0.4) is 0 Å². The van der Waals surface area contributed by atoms with Gasteiger partial charge in [0.05, 0.1) is 5.69 Å². The summed E-state index contributed by atoms with van der Waals surface area (Å²) in [5.41, 5.74) is 10.0. The second-order valence-electron chi connectivity index (χ2n) is 4.11. The van der Waals surface area contributed by atoms with Crippen molar-refractivity contribution in [3.05, 3.63) is 35.5 Å². The second kappa shape index (κ2) is 4.96. The molecule has 0 saturated heterocycles. The molecular weight excluding hydrogens is 224 g/mol. The first kappa shape index (κ1) is 12.2. The van der Waals surface area contributed by atoms with Crippen LogP contribution < -0.4 is 5.73 Å². The van der Waals surface area contributed by atoms with Crippen molar-refractivity contribution in [1.29, 1.82) is 0 Å². The molecule has 18 heavy (non-hydrogen) atoms. The third kappa shape index (κ3) is 2.22. The number of anilines is 1. The van der Waals surface area contributed by atoms with Crippen LogP contribution in [0.1, 0.15) is 18.2 Å². The summed E-state index contributed by atoms with van der Waals surface area (Å²) in [4.78, 5) is 12.2. The largest absolute Gasteiger partial charge is 0.383 e. The Bertz CT molecular complexity index is 573. The molecule has 0 spiro atoms. The molecule has 2 aromatic rings. The van der Waals surface area contributed by atoms with Crippen LogP contribution in [0.5, 0.6) is 0 Å². The maximum Gasteiger partial charge on any atom is 0.250 e. The van der Waals surface area contributed by atoms with Gasteiger partial charge in [-0.05, 0) is 25.6 Å². The number of rotatable bonds is 3. The number of nitrogen functional groups attached to an aromatic ring is 1. The number of hydrogen-bond donors (Lipinski definition) is 1. The SMILES string of the molecule is C=Nc1nc(N)c(-c2ccc(C)cc2)c(CC)n1. The van der Waals surface area contributed by atoms with Crippen LogP contribution >= 0.6 is 0 Å². The summed E-state index contributed by atoms with van der Waals surface area (Å²) < 4.78 is 0. The summed E-state index contributed by atoms with van der Waals surface area (Å²) in [5, 5.41) is 0. The van der Waals surface area contributed by atoms with E-state index < -0.39 is 0 Å². The Hall–Kier alpha value is -2.23. The monoisotopic (exact) mass is 240 g/mol. The third-order valence-electron chi connectivity index (χ3n) is 2.82. The van der Waals surface area contributed by atoms with Crippen molar-refractivity contribution in [1.82, 2.24) is 9.97 Å². The Morgan fingerprint density at radius 2 is 1.89 bits per heavy atom. The lowest BCUT2D eigenvalue weighted by Gasteiger charge is -2.10. The number of nitrogens with two attached hydrogens (primary N) is 1. The van der Waals surface area contributed by atoms with Crippen molar-refractivity contribution < 1.29 is 0 Å². The van der Waals surface area contributed by atoms with E-state index in [1.165, 1.54) is 5.56 Å². The van der Waals surface area contributed by atoms with Gasteiger partial charge in [0.15, 0.2) is 0 Å².